The first-order chi connectivity index (χ1) is 7.89. The van der Waals surface area contributed by atoms with Crippen LogP contribution >= 0.6 is 23.2 Å². The van der Waals surface area contributed by atoms with E-state index in [0.717, 1.165) is 0 Å². The van der Waals surface area contributed by atoms with Crippen molar-refractivity contribution in [2.45, 2.75) is 17.4 Å². The van der Waals surface area contributed by atoms with E-state index in [-0.39, 0.29) is 21.5 Å². The standard InChI is InChI=1S/C10H11Cl2NO3S/c11-7-3-8(12)5-10(4-7)17(15,16)13-2-1-9(14)6-13/h3-5,9,14H,1-2,6H2/t9-/m1/s1. The summed E-state index contributed by atoms with van der Waals surface area (Å²) in [5.74, 6) is 0. The van der Waals surface area contributed by atoms with Crippen LogP contribution < -0.4 is 0 Å². The van der Waals surface area contributed by atoms with Crippen molar-refractivity contribution in [2.75, 3.05) is 13.1 Å². The molecule has 1 N–H and O–H groups in total. The van der Waals surface area contributed by atoms with E-state index in [0.29, 0.717) is 13.0 Å². The second kappa shape index (κ2) is 4.74. The molecule has 94 valence electrons. The van der Waals surface area contributed by atoms with E-state index in [4.69, 9.17) is 23.2 Å². The Hall–Kier alpha value is -0.330. The number of aliphatic hydroxyl groups excluding tert-OH is 1. The number of hydrogen-bond acceptors (Lipinski definition) is 3. The Labute approximate surface area is 110 Å². The summed E-state index contributed by atoms with van der Waals surface area (Å²) in [4.78, 5) is 0.0594. The van der Waals surface area contributed by atoms with Crippen molar-refractivity contribution in [3.8, 4) is 0 Å². The van der Waals surface area contributed by atoms with Crippen LogP contribution in [0.3, 0.4) is 0 Å². The fraction of sp³-hybridized carbons (Fsp3) is 0.400. The third-order valence-electron chi connectivity index (χ3n) is 2.60. The van der Waals surface area contributed by atoms with Crippen molar-refractivity contribution in [3.05, 3.63) is 28.2 Å². The average Bonchev–Trinajstić information content (AvgIpc) is 2.64. The Morgan fingerprint density at radius 1 is 1.24 bits per heavy atom. The molecule has 0 aromatic heterocycles. The predicted molar refractivity (Wildman–Crippen MR) is 65.8 cm³/mol. The van der Waals surface area contributed by atoms with Crippen molar-refractivity contribution in [1.82, 2.24) is 4.31 Å². The summed E-state index contributed by atoms with van der Waals surface area (Å²) < 4.78 is 25.6. The number of benzene rings is 1. The Morgan fingerprint density at radius 2 is 1.82 bits per heavy atom. The van der Waals surface area contributed by atoms with Gasteiger partial charge in [-0.15, -0.1) is 0 Å². The molecule has 1 atom stereocenters. The van der Waals surface area contributed by atoms with Crippen LogP contribution in [0.15, 0.2) is 23.1 Å². The van der Waals surface area contributed by atoms with Crippen LogP contribution in [0, 0.1) is 0 Å². The smallest absolute Gasteiger partial charge is 0.243 e. The van der Waals surface area contributed by atoms with Gasteiger partial charge < -0.3 is 5.11 Å². The number of sulfonamides is 1. The normalized spacial score (nSPS) is 21.9. The number of hydrogen-bond donors (Lipinski definition) is 1. The minimum Gasteiger partial charge on any atom is -0.392 e. The molecule has 1 aliphatic rings. The van der Waals surface area contributed by atoms with Crippen LogP contribution in [-0.4, -0.2) is 37.0 Å². The van der Waals surface area contributed by atoms with E-state index in [2.05, 4.69) is 0 Å². The highest BCUT2D eigenvalue weighted by molar-refractivity contribution is 7.89. The van der Waals surface area contributed by atoms with Crippen LogP contribution in [0.2, 0.25) is 10.0 Å². The maximum Gasteiger partial charge on any atom is 0.243 e. The van der Waals surface area contributed by atoms with E-state index in [1.165, 1.54) is 22.5 Å². The van der Waals surface area contributed by atoms with Crippen molar-refractivity contribution in [1.29, 1.82) is 0 Å². The van der Waals surface area contributed by atoms with Gasteiger partial charge in [-0.25, -0.2) is 8.42 Å². The molecule has 1 fully saturated rings. The number of halogens is 2. The number of nitrogens with zero attached hydrogens (tertiary/aromatic N) is 1. The number of rotatable bonds is 2. The lowest BCUT2D eigenvalue weighted by atomic mass is 10.3. The van der Waals surface area contributed by atoms with Gasteiger partial charge in [-0.05, 0) is 24.6 Å². The lowest BCUT2D eigenvalue weighted by Crippen LogP contribution is -2.29. The van der Waals surface area contributed by atoms with E-state index in [1.807, 2.05) is 0 Å². The van der Waals surface area contributed by atoms with Crippen LogP contribution in [0.25, 0.3) is 0 Å². The molecule has 1 aromatic rings. The van der Waals surface area contributed by atoms with Gasteiger partial charge >= 0.3 is 0 Å². The molecule has 0 unspecified atom stereocenters. The predicted octanol–water partition coefficient (Wildman–Crippen LogP) is 1.75. The molecule has 1 heterocycles. The lowest BCUT2D eigenvalue weighted by Gasteiger charge is -2.16. The van der Waals surface area contributed by atoms with Gasteiger partial charge in [0.15, 0.2) is 0 Å². The zero-order chi connectivity index (χ0) is 12.6. The summed E-state index contributed by atoms with van der Waals surface area (Å²) >= 11 is 11.5. The molecule has 0 amide bonds. The first kappa shape index (κ1) is 13.1. The van der Waals surface area contributed by atoms with Gasteiger partial charge in [0.2, 0.25) is 10.0 Å². The molecule has 0 bridgehead atoms. The second-order valence-electron chi connectivity index (χ2n) is 3.91. The van der Waals surface area contributed by atoms with Gasteiger partial charge in [0.1, 0.15) is 0 Å². The highest BCUT2D eigenvalue weighted by atomic mass is 35.5. The third kappa shape index (κ3) is 2.74. The van der Waals surface area contributed by atoms with Gasteiger partial charge in [-0.2, -0.15) is 4.31 Å². The van der Waals surface area contributed by atoms with E-state index in [1.54, 1.807) is 0 Å². The summed E-state index contributed by atoms with van der Waals surface area (Å²) in [6.07, 6.45) is -0.146. The minimum atomic E-state index is -3.61. The van der Waals surface area contributed by atoms with E-state index in [9.17, 15) is 13.5 Å². The second-order valence-corrected chi connectivity index (χ2v) is 6.72. The van der Waals surface area contributed by atoms with Gasteiger partial charge in [0.25, 0.3) is 0 Å². The zero-order valence-electron chi connectivity index (χ0n) is 8.81. The molecule has 0 spiro atoms. The fourth-order valence-electron chi connectivity index (χ4n) is 1.76. The van der Waals surface area contributed by atoms with Gasteiger partial charge in [0.05, 0.1) is 11.0 Å². The summed E-state index contributed by atoms with van der Waals surface area (Å²) in [6.45, 7) is 0.431. The highest BCUT2D eigenvalue weighted by Crippen LogP contribution is 2.26. The topological polar surface area (TPSA) is 57.6 Å². The monoisotopic (exact) mass is 295 g/mol. The molecular formula is C10H11Cl2NO3S. The first-order valence-electron chi connectivity index (χ1n) is 5.04. The molecule has 7 heteroatoms. The molecule has 1 aromatic carbocycles. The molecule has 4 nitrogen and oxygen atoms in total. The zero-order valence-corrected chi connectivity index (χ0v) is 11.1. The number of aliphatic hydroxyl groups is 1. The summed E-state index contributed by atoms with van der Waals surface area (Å²) in [5, 5.41) is 9.91. The minimum absolute atomic E-state index is 0.0594. The van der Waals surface area contributed by atoms with Crippen LogP contribution in [0.1, 0.15) is 6.42 Å². The largest absolute Gasteiger partial charge is 0.392 e. The molecule has 0 saturated carbocycles. The highest BCUT2D eigenvalue weighted by Gasteiger charge is 2.31. The first-order valence-corrected chi connectivity index (χ1v) is 7.23. The van der Waals surface area contributed by atoms with Crippen molar-refractivity contribution in [3.63, 3.8) is 0 Å². The molecule has 2 rings (SSSR count). The van der Waals surface area contributed by atoms with Gasteiger partial charge in [-0.3, -0.25) is 0 Å². The quantitative estimate of drug-likeness (QED) is 0.904. The Kier molecular flexibility index (Phi) is 3.66. The molecule has 1 saturated heterocycles. The summed E-state index contributed by atoms with van der Waals surface area (Å²) in [7, 11) is -3.61. The third-order valence-corrected chi connectivity index (χ3v) is 4.88. The molecular weight excluding hydrogens is 285 g/mol. The van der Waals surface area contributed by atoms with Crippen molar-refractivity contribution in [2.24, 2.45) is 0 Å². The van der Waals surface area contributed by atoms with Crippen LogP contribution in [-0.2, 0) is 10.0 Å². The SMILES string of the molecule is O=S(=O)(c1cc(Cl)cc(Cl)c1)N1CC[C@@H](O)C1. The van der Waals surface area contributed by atoms with E-state index >= 15 is 0 Å². The Balaban J connectivity index is 2.38. The Morgan fingerprint density at radius 3 is 2.29 bits per heavy atom. The van der Waals surface area contributed by atoms with Crippen LogP contribution in [0.4, 0.5) is 0 Å². The maximum atomic E-state index is 12.2. The molecule has 1 aliphatic heterocycles. The number of β-amino-alcohol motifs (C(OH)–C–C–N with tert-alkyl or cyclic N) is 1. The molecule has 17 heavy (non-hydrogen) atoms. The van der Waals surface area contributed by atoms with Gasteiger partial charge in [-0.1, -0.05) is 23.2 Å². The Bertz CT molecular complexity index is 512. The van der Waals surface area contributed by atoms with Gasteiger partial charge in [0, 0.05) is 23.1 Å². The lowest BCUT2D eigenvalue weighted by molar-refractivity contribution is 0.189. The molecule has 0 radical (unpaired) electrons. The average molecular weight is 296 g/mol. The maximum absolute atomic E-state index is 12.2. The summed E-state index contributed by atoms with van der Waals surface area (Å²) in [5.41, 5.74) is 0. The summed E-state index contributed by atoms with van der Waals surface area (Å²) in [6, 6.07) is 4.18. The van der Waals surface area contributed by atoms with Crippen molar-refractivity contribution < 1.29 is 13.5 Å². The van der Waals surface area contributed by atoms with Crippen molar-refractivity contribution >= 4 is 33.2 Å². The van der Waals surface area contributed by atoms with Crippen LogP contribution in [0.5, 0.6) is 0 Å². The van der Waals surface area contributed by atoms with E-state index < -0.39 is 16.1 Å². The fourth-order valence-corrected chi connectivity index (χ4v) is 3.97. The molecule has 0 aliphatic carbocycles.